The molecule has 0 heterocycles. The average Bonchev–Trinajstić information content (AvgIpc) is 2.40. The summed E-state index contributed by atoms with van der Waals surface area (Å²) in [5.74, 6) is 1.81. The number of rotatable bonds is 2. The topological polar surface area (TPSA) is 26.0 Å². The first-order valence-corrected chi connectivity index (χ1v) is 8.23. The Morgan fingerprint density at radius 2 is 1.85 bits per heavy atom. The number of benzene rings is 1. The van der Waals surface area contributed by atoms with E-state index in [0.29, 0.717) is 27.3 Å². The summed E-state index contributed by atoms with van der Waals surface area (Å²) in [5, 5.41) is 1.28. The molecule has 3 heteroatoms. The molecule has 1 saturated carbocycles. The fourth-order valence-corrected chi connectivity index (χ4v) is 3.76. The van der Waals surface area contributed by atoms with E-state index in [0.717, 1.165) is 12.5 Å². The van der Waals surface area contributed by atoms with Crippen molar-refractivity contribution in [3.63, 3.8) is 0 Å². The van der Waals surface area contributed by atoms with Crippen molar-refractivity contribution in [2.45, 2.75) is 46.0 Å². The first-order chi connectivity index (χ1) is 9.32. The first-order valence-electron chi connectivity index (χ1n) is 7.48. The summed E-state index contributed by atoms with van der Waals surface area (Å²) in [4.78, 5) is 0. The number of halogens is 2. The summed E-state index contributed by atoms with van der Waals surface area (Å²) in [6.07, 6.45) is 3.69. The zero-order valence-electron chi connectivity index (χ0n) is 12.6. The molecule has 1 aliphatic rings. The van der Waals surface area contributed by atoms with Gasteiger partial charge in [0.1, 0.15) is 0 Å². The van der Waals surface area contributed by atoms with Crippen LogP contribution in [0.5, 0.6) is 0 Å². The van der Waals surface area contributed by atoms with Crippen LogP contribution >= 0.6 is 23.2 Å². The van der Waals surface area contributed by atoms with Gasteiger partial charge in [0.15, 0.2) is 0 Å². The summed E-state index contributed by atoms with van der Waals surface area (Å²) in [5.41, 5.74) is 7.64. The lowest BCUT2D eigenvalue weighted by Gasteiger charge is -2.42. The zero-order chi connectivity index (χ0) is 14.9. The zero-order valence-corrected chi connectivity index (χ0v) is 14.1. The van der Waals surface area contributed by atoms with Crippen molar-refractivity contribution in [2.24, 2.45) is 23.0 Å². The third-order valence-corrected chi connectivity index (χ3v) is 5.63. The van der Waals surface area contributed by atoms with E-state index < -0.39 is 0 Å². The molecule has 1 aromatic rings. The quantitative estimate of drug-likeness (QED) is 0.766. The van der Waals surface area contributed by atoms with Gasteiger partial charge in [-0.1, -0.05) is 50.0 Å². The van der Waals surface area contributed by atoms with Gasteiger partial charge < -0.3 is 5.73 Å². The van der Waals surface area contributed by atoms with E-state index in [1.807, 2.05) is 12.1 Å². The summed E-state index contributed by atoms with van der Waals surface area (Å²) in [7, 11) is 0. The normalized spacial score (nSPS) is 27.6. The summed E-state index contributed by atoms with van der Waals surface area (Å²) >= 11 is 12.2. The van der Waals surface area contributed by atoms with E-state index >= 15 is 0 Å². The molecule has 0 radical (unpaired) electrons. The molecule has 0 saturated heterocycles. The van der Waals surface area contributed by atoms with Crippen LogP contribution < -0.4 is 5.73 Å². The van der Waals surface area contributed by atoms with E-state index in [-0.39, 0.29) is 0 Å². The molecule has 0 bridgehead atoms. The highest BCUT2D eigenvalue weighted by atomic mass is 35.5. The van der Waals surface area contributed by atoms with Crippen molar-refractivity contribution in [3.05, 3.63) is 33.8 Å². The van der Waals surface area contributed by atoms with Gasteiger partial charge in [-0.25, -0.2) is 0 Å². The van der Waals surface area contributed by atoms with Gasteiger partial charge in [-0.15, -0.1) is 0 Å². The lowest BCUT2D eigenvalue weighted by atomic mass is 9.64. The fourth-order valence-electron chi connectivity index (χ4n) is 3.45. The Bertz CT molecular complexity index is 465. The Hall–Kier alpha value is -0.240. The molecule has 0 aromatic heterocycles. The molecular formula is C17H25Cl2N. The second kappa shape index (κ2) is 6.25. The van der Waals surface area contributed by atoms with E-state index in [9.17, 15) is 0 Å². The predicted molar refractivity (Wildman–Crippen MR) is 88.5 cm³/mol. The van der Waals surface area contributed by atoms with Crippen molar-refractivity contribution < 1.29 is 0 Å². The number of nitrogens with two attached hydrogens (primary N) is 1. The van der Waals surface area contributed by atoms with Gasteiger partial charge in [0.2, 0.25) is 0 Å². The van der Waals surface area contributed by atoms with Gasteiger partial charge in [-0.2, -0.15) is 0 Å². The maximum atomic E-state index is 6.19. The smallest absolute Gasteiger partial charge is 0.0595 e. The lowest BCUT2D eigenvalue weighted by molar-refractivity contribution is 0.133. The standard InChI is InChI=1S/C17H25Cl2N/c1-17(2,3)13-6-4-12(10-20)14(9-13)11-5-7-15(18)16(19)8-11/h5,7-8,12-14H,4,6,9-10,20H2,1-3H3. The monoisotopic (exact) mass is 313 g/mol. The van der Waals surface area contributed by atoms with Crippen molar-refractivity contribution in [1.82, 2.24) is 0 Å². The van der Waals surface area contributed by atoms with Gasteiger partial charge in [0.05, 0.1) is 10.0 Å². The molecule has 0 spiro atoms. The van der Waals surface area contributed by atoms with Gasteiger partial charge in [-0.05, 0) is 66.7 Å². The number of hydrogen-bond donors (Lipinski definition) is 1. The van der Waals surface area contributed by atoms with Gasteiger partial charge >= 0.3 is 0 Å². The molecular weight excluding hydrogens is 289 g/mol. The first kappa shape index (κ1) is 16.1. The van der Waals surface area contributed by atoms with Crippen LogP contribution in [-0.2, 0) is 0 Å². The van der Waals surface area contributed by atoms with Crippen LogP contribution in [0.25, 0.3) is 0 Å². The Balaban J connectivity index is 2.27. The van der Waals surface area contributed by atoms with Crippen LogP contribution in [0.2, 0.25) is 10.0 Å². The second-order valence-electron chi connectivity index (χ2n) is 7.15. The Labute approximate surface area is 132 Å². The highest BCUT2D eigenvalue weighted by Crippen LogP contribution is 2.47. The van der Waals surface area contributed by atoms with Crippen molar-refractivity contribution >= 4 is 23.2 Å². The predicted octanol–water partition coefficient (Wildman–Crippen LogP) is 5.50. The SMILES string of the molecule is CC(C)(C)C1CCC(CN)C(c2ccc(Cl)c(Cl)c2)C1. The maximum absolute atomic E-state index is 6.19. The maximum Gasteiger partial charge on any atom is 0.0595 e. The molecule has 0 aliphatic heterocycles. The van der Waals surface area contributed by atoms with Crippen LogP contribution in [0, 0.1) is 17.3 Å². The minimum absolute atomic E-state index is 0.355. The van der Waals surface area contributed by atoms with Gasteiger partial charge in [-0.3, -0.25) is 0 Å². The summed E-state index contributed by atoms with van der Waals surface area (Å²) in [6.45, 7) is 7.77. The van der Waals surface area contributed by atoms with E-state index in [4.69, 9.17) is 28.9 Å². The molecule has 1 fully saturated rings. The molecule has 3 unspecified atom stereocenters. The van der Waals surface area contributed by atoms with Gasteiger partial charge in [0.25, 0.3) is 0 Å². The largest absolute Gasteiger partial charge is 0.330 e. The minimum Gasteiger partial charge on any atom is -0.330 e. The molecule has 3 atom stereocenters. The number of hydrogen-bond acceptors (Lipinski definition) is 1. The molecule has 1 nitrogen and oxygen atoms in total. The van der Waals surface area contributed by atoms with Crippen LogP contribution in [0.1, 0.15) is 51.5 Å². The van der Waals surface area contributed by atoms with Crippen LogP contribution in [-0.4, -0.2) is 6.54 Å². The molecule has 2 rings (SSSR count). The van der Waals surface area contributed by atoms with Crippen molar-refractivity contribution in [3.8, 4) is 0 Å². The average molecular weight is 314 g/mol. The molecule has 20 heavy (non-hydrogen) atoms. The molecule has 1 aromatic carbocycles. The van der Waals surface area contributed by atoms with Crippen molar-refractivity contribution in [1.29, 1.82) is 0 Å². The van der Waals surface area contributed by atoms with Crippen LogP contribution in [0.4, 0.5) is 0 Å². The van der Waals surface area contributed by atoms with Crippen molar-refractivity contribution in [2.75, 3.05) is 6.54 Å². The fraction of sp³-hybridized carbons (Fsp3) is 0.647. The Morgan fingerprint density at radius 3 is 2.40 bits per heavy atom. The Morgan fingerprint density at radius 1 is 1.15 bits per heavy atom. The van der Waals surface area contributed by atoms with Crippen LogP contribution in [0.15, 0.2) is 18.2 Å². The highest BCUT2D eigenvalue weighted by Gasteiger charge is 2.36. The molecule has 0 amide bonds. The van der Waals surface area contributed by atoms with E-state index in [2.05, 4.69) is 26.8 Å². The van der Waals surface area contributed by atoms with Gasteiger partial charge in [0, 0.05) is 0 Å². The minimum atomic E-state index is 0.355. The van der Waals surface area contributed by atoms with Crippen LogP contribution in [0.3, 0.4) is 0 Å². The Kier molecular flexibility index (Phi) is 5.05. The second-order valence-corrected chi connectivity index (χ2v) is 7.97. The summed E-state index contributed by atoms with van der Waals surface area (Å²) in [6, 6.07) is 6.06. The lowest BCUT2D eigenvalue weighted by Crippen LogP contribution is -2.34. The third-order valence-electron chi connectivity index (χ3n) is 4.89. The highest BCUT2D eigenvalue weighted by molar-refractivity contribution is 6.42. The molecule has 112 valence electrons. The van der Waals surface area contributed by atoms with E-state index in [1.54, 1.807) is 0 Å². The summed E-state index contributed by atoms with van der Waals surface area (Å²) < 4.78 is 0. The third kappa shape index (κ3) is 3.50. The van der Waals surface area contributed by atoms with E-state index in [1.165, 1.54) is 24.8 Å². The molecule has 2 N–H and O–H groups in total. The molecule has 1 aliphatic carbocycles.